The predicted octanol–water partition coefficient (Wildman–Crippen LogP) is 1.60. The fourth-order valence-corrected chi connectivity index (χ4v) is 4.03. The number of thiophene rings is 1. The molecule has 0 aromatic carbocycles. The van der Waals surface area contributed by atoms with Crippen LogP contribution in [0.5, 0.6) is 0 Å². The van der Waals surface area contributed by atoms with E-state index in [1.54, 1.807) is 18.4 Å². The highest BCUT2D eigenvalue weighted by molar-refractivity contribution is 7.10. The van der Waals surface area contributed by atoms with E-state index in [1.807, 2.05) is 17.5 Å². The summed E-state index contributed by atoms with van der Waals surface area (Å²) in [6, 6.07) is 3.97. The molecule has 0 radical (unpaired) electrons. The van der Waals surface area contributed by atoms with Crippen molar-refractivity contribution in [3.8, 4) is 0 Å². The molecule has 3 aromatic heterocycles. The topological polar surface area (TPSA) is 84.8 Å². The van der Waals surface area contributed by atoms with Gasteiger partial charge in [0.15, 0.2) is 5.78 Å². The summed E-state index contributed by atoms with van der Waals surface area (Å²) in [4.78, 5) is 44.1. The molecule has 23 heavy (non-hydrogen) atoms. The van der Waals surface area contributed by atoms with Crippen LogP contribution in [0.3, 0.4) is 0 Å². The molecule has 3 heterocycles. The summed E-state index contributed by atoms with van der Waals surface area (Å²) in [5.74, 6) is 0.0598. The van der Waals surface area contributed by atoms with Crippen LogP contribution in [-0.2, 0) is 13.5 Å². The molecule has 0 amide bonds. The molecule has 0 fully saturated rings. The first kappa shape index (κ1) is 14.1. The summed E-state index contributed by atoms with van der Waals surface area (Å²) in [5.41, 5.74) is 0.520. The standard InChI is InChI=1S/C16H13N3O3S/c1-19-14-13(15(21)18-16(19)22)9-5-8(12-3-2-4-23-12)6-11(20)10(9)7-17-14/h2-4,7-8H,5-6H2,1H3,(H,18,21,22). The van der Waals surface area contributed by atoms with E-state index in [-0.39, 0.29) is 11.7 Å². The minimum atomic E-state index is -0.508. The van der Waals surface area contributed by atoms with Crippen LogP contribution in [-0.4, -0.2) is 20.3 Å². The highest BCUT2D eigenvalue weighted by Crippen LogP contribution is 2.36. The number of carbonyl (C=O) groups is 1. The van der Waals surface area contributed by atoms with Crippen LogP contribution < -0.4 is 11.2 Å². The number of aromatic nitrogens is 3. The van der Waals surface area contributed by atoms with Crippen LogP contribution in [0.25, 0.3) is 11.0 Å². The van der Waals surface area contributed by atoms with Gasteiger partial charge in [-0.1, -0.05) is 6.07 Å². The third kappa shape index (κ3) is 2.08. The first-order valence-corrected chi connectivity index (χ1v) is 8.11. The van der Waals surface area contributed by atoms with Gasteiger partial charge in [-0.3, -0.25) is 19.1 Å². The Bertz CT molecular complexity index is 1050. The van der Waals surface area contributed by atoms with Crippen molar-refractivity contribution in [2.24, 2.45) is 7.05 Å². The molecule has 116 valence electrons. The molecular formula is C16H13N3O3S. The number of nitrogens with one attached hydrogen (secondary N) is 1. The Kier molecular flexibility index (Phi) is 3.05. The summed E-state index contributed by atoms with van der Waals surface area (Å²) >= 11 is 1.61. The number of nitrogens with zero attached hydrogens (tertiary/aromatic N) is 2. The van der Waals surface area contributed by atoms with E-state index in [9.17, 15) is 14.4 Å². The highest BCUT2D eigenvalue weighted by Gasteiger charge is 2.30. The maximum Gasteiger partial charge on any atom is 0.329 e. The summed E-state index contributed by atoms with van der Waals surface area (Å²) in [6.45, 7) is 0. The van der Waals surface area contributed by atoms with Crippen LogP contribution in [0.15, 0.2) is 33.3 Å². The molecule has 3 aromatic rings. The number of H-pyrrole nitrogens is 1. The smallest absolute Gasteiger partial charge is 0.294 e. The summed E-state index contributed by atoms with van der Waals surface area (Å²) < 4.78 is 1.30. The minimum Gasteiger partial charge on any atom is -0.294 e. The highest BCUT2D eigenvalue weighted by atomic mass is 32.1. The lowest BCUT2D eigenvalue weighted by molar-refractivity contribution is 0.0964. The SMILES string of the molecule is Cn1c(=O)[nH]c(=O)c2c3c(cnc21)C(=O)CC(c1cccs1)C3. The number of aromatic amines is 1. The largest absolute Gasteiger partial charge is 0.329 e. The van der Waals surface area contributed by atoms with Crippen LogP contribution in [0, 0.1) is 0 Å². The van der Waals surface area contributed by atoms with Gasteiger partial charge in [-0.25, -0.2) is 9.78 Å². The third-order valence-corrected chi connectivity index (χ3v) is 5.40. The number of carbonyl (C=O) groups excluding carboxylic acids is 1. The molecule has 0 saturated heterocycles. The number of ketones is 1. The van der Waals surface area contributed by atoms with E-state index >= 15 is 0 Å². The van der Waals surface area contributed by atoms with Gasteiger partial charge in [0.1, 0.15) is 5.65 Å². The molecule has 1 aliphatic rings. The van der Waals surface area contributed by atoms with Crippen molar-refractivity contribution in [2.75, 3.05) is 0 Å². The van der Waals surface area contributed by atoms with Crippen molar-refractivity contribution in [1.82, 2.24) is 14.5 Å². The monoisotopic (exact) mass is 327 g/mol. The molecular weight excluding hydrogens is 314 g/mol. The lowest BCUT2D eigenvalue weighted by Crippen LogP contribution is -2.31. The van der Waals surface area contributed by atoms with Crippen molar-refractivity contribution < 1.29 is 4.79 Å². The van der Waals surface area contributed by atoms with Crippen molar-refractivity contribution in [2.45, 2.75) is 18.8 Å². The molecule has 0 spiro atoms. The zero-order valence-electron chi connectivity index (χ0n) is 12.3. The first-order valence-electron chi connectivity index (χ1n) is 7.23. The van der Waals surface area contributed by atoms with Gasteiger partial charge in [-0.05, 0) is 23.4 Å². The number of fused-ring (bicyclic) bond motifs is 3. The van der Waals surface area contributed by atoms with Gasteiger partial charge >= 0.3 is 5.69 Å². The molecule has 0 aliphatic heterocycles. The third-order valence-electron chi connectivity index (χ3n) is 4.36. The molecule has 0 saturated carbocycles. The molecule has 1 unspecified atom stereocenters. The van der Waals surface area contributed by atoms with Gasteiger partial charge in [0.2, 0.25) is 0 Å². The maximum absolute atomic E-state index is 12.5. The van der Waals surface area contributed by atoms with E-state index in [1.165, 1.54) is 10.8 Å². The van der Waals surface area contributed by atoms with Gasteiger partial charge in [-0.2, -0.15) is 0 Å². The summed E-state index contributed by atoms with van der Waals surface area (Å²) in [5, 5.41) is 2.33. The minimum absolute atomic E-state index is 0.00713. The van der Waals surface area contributed by atoms with Crippen molar-refractivity contribution >= 4 is 28.2 Å². The van der Waals surface area contributed by atoms with Crippen molar-refractivity contribution in [3.05, 3.63) is 60.6 Å². The molecule has 0 bridgehead atoms. The van der Waals surface area contributed by atoms with Crippen LogP contribution in [0.2, 0.25) is 0 Å². The van der Waals surface area contributed by atoms with Crippen LogP contribution in [0.4, 0.5) is 0 Å². The lowest BCUT2D eigenvalue weighted by Gasteiger charge is -2.23. The van der Waals surface area contributed by atoms with Gasteiger partial charge < -0.3 is 0 Å². The Labute approximate surface area is 134 Å². The molecule has 1 aliphatic carbocycles. The Hall–Kier alpha value is -2.54. The van der Waals surface area contributed by atoms with Gasteiger partial charge in [0.25, 0.3) is 5.56 Å². The van der Waals surface area contributed by atoms with E-state index in [0.29, 0.717) is 35.0 Å². The Morgan fingerprint density at radius 2 is 2.13 bits per heavy atom. The summed E-state index contributed by atoms with van der Waals surface area (Å²) in [7, 11) is 1.56. The van der Waals surface area contributed by atoms with Crippen molar-refractivity contribution in [3.63, 3.8) is 0 Å². The first-order chi connectivity index (χ1) is 11.1. The van der Waals surface area contributed by atoms with Gasteiger partial charge in [0.05, 0.1) is 5.39 Å². The Balaban J connectivity index is 2.01. The predicted molar refractivity (Wildman–Crippen MR) is 87.3 cm³/mol. The second-order valence-electron chi connectivity index (χ2n) is 5.71. The van der Waals surface area contributed by atoms with E-state index < -0.39 is 11.2 Å². The molecule has 4 rings (SSSR count). The average Bonchev–Trinajstić information content (AvgIpc) is 3.06. The van der Waals surface area contributed by atoms with Crippen LogP contribution in [0.1, 0.15) is 33.1 Å². The number of pyridine rings is 1. The Morgan fingerprint density at radius 1 is 1.30 bits per heavy atom. The van der Waals surface area contributed by atoms with E-state index in [2.05, 4.69) is 9.97 Å². The average molecular weight is 327 g/mol. The lowest BCUT2D eigenvalue weighted by atomic mass is 9.82. The molecule has 6 nitrogen and oxygen atoms in total. The number of hydrogen-bond donors (Lipinski definition) is 1. The molecule has 1 atom stereocenters. The number of aryl methyl sites for hydroxylation is 1. The van der Waals surface area contributed by atoms with Gasteiger partial charge in [-0.15, -0.1) is 11.3 Å². The second-order valence-corrected chi connectivity index (χ2v) is 6.69. The number of Topliss-reactive ketones (excluding diaryl/α,β-unsaturated/α-hetero) is 1. The number of rotatable bonds is 1. The normalized spacial score (nSPS) is 17.4. The van der Waals surface area contributed by atoms with E-state index in [4.69, 9.17) is 0 Å². The fourth-order valence-electron chi connectivity index (χ4n) is 3.20. The zero-order valence-corrected chi connectivity index (χ0v) is 13.1. The second kappa shape index (κ2) is 4.99. The van der Waals surface area contributed by atoms with Crippen LogP contribution >= 0.6 is 11.3 Å². The van der Waals surface area contributed by atoms with Crippen molar-refractivity contribution in [1.29, 1.82) is 0 Å². The Morgan fingerprint density at radius 3 is 2.87 bits per heavy atom. The maximum atomic E-state index is 12.5. The van der Waals surface area contributed by atoms with Gasteiger partial charge in [0, 0.05) is 36.0 Å². The summed E-state index contributed by atoms with van der Waals surface area (Å²) in [6.07, 6.45) is 2.51. The quantitative estimate of drug-likeness (QED) is 0.735. The molecule has 7 heteroatoms. The fraction of sp³-hybridized carbons (Fsp3) is 0.250. The zero-order chi connectivity index (χ0) is 16.1. The molecule has 1 N–H and O–H groups in total. The van der Waals surface area contributed by atoms with E-state index in [0.717, 1.165) is 4.88 Å². The number of hydrogen-bond acceptors (Lipinski definition) is 5.